The van der Waals surface area contributed by atoms with Crippen LogP contribution in [0.15, 0.2) is 36.5 Å². The van der Waals surface area contributed by atoms with Gasteiger partial charge in [-0.1, -0.05) is 12.1 Å². The third-order valence-electron chi connectivity index (χ3n) is 3.04. The number of benzene rings is 1. The topological polar surface area (TPSA) is 85.7 Å². The zero-order chi connectivity index (χ0) is 15.9. The molecule has 6 heteroatoms. The van der Waals surface area contributed by atoms with Gasteiger partial charge in [0.1, 0.15) is 12.4 Å². The average molecular weight is 301 g/mol. The third-order valence-corrected chi connectivity index (χ3v) is 3.04. The second-order valence-electron chi connectivity index (χ2n) is 4.44. The van der Waals surface area contributed by atoms with Gasteiger partial charge in [0.25, 0.3) is 0 Å². The standard InChI is InChI=1S/C16H15NO5/c1-21-16(20)15-12(3-2-6-17-15)10-22-14-5-4-11(8-18)7-13(14)9-19/h2-7,9,18H,8,10H2,1H3. The lowest BCUT2D eigenvalue weighted by molar-refractivity contribution is 0.0590. The first-order valence-electron chi connectivity index (χ1n) is 6.53. The number of methoxy groups -OCH3 is 1. The second-order valence-corrected chi connectivity index (χ2v) is 4.44. The molecule has 22 heavy (non-hydrogen) atoms. The molecule has 0 saturated heterocycles. The van der Waals surface area contributed by atoms with Crippen LogP contribution in [0, 0.1) is 0 Å². The first-order chi connectivity index (χ1) is 10.7. The van der Waals surface area contributed by atoms with Crippen LogP contribution < -0.4 is 4.74 Å². The number of carbonyl (C=O) groups is 2. The number of nitrogens with zero attached hydrogens (tertiary/aromatic N) is 1. The van der Waals surface area contributed by atoms with Gasteiger partial charge in [-0.25, -0.2) is 9.78 Å². The van der Waals surface area contributed by atoms with E-state index in [2.05, 4.69) is 9.72 Å². The number of pyridine rings is 1. The van der Waals surface area contributed by atoms with Crippen LogP contribution in [0.4, 0.5) is 0 Å². The first kappa shape index (κ1) is 15.7. The molecule has 0 saturated carbocycles. The lowest BCUT2D eigenvalue weighted by Gasteiger charge is -2.11. The number of esters is 1. The minimum absolute atomic E-state index is 0.0670. The maximum atomic E-state index is 11.6. The van der Waals surface area contributed by atoms with Gasteiger partial charge in [-0.3, -0.25) is 4.79 Å². The molecule has 2 rings (SSSR count). The SMILES string of the molecule is COC(=O)c1ncccc1COc1ccc(CO)cc1C=O. The van der Waals surface area contributed by atoms with Crippen molar-refractivity contribution in [1.29, 1.82) is 0 Å². The average Bonchev–Trinajstić information content (AvgIpc) is 2.59. The Morgan fingerprint density at radius 3 is 2.86 bits per heavy atom. The molecular weight excluding hydrogens is 286 g/mol. The van der Waals surface area contributed by atoms with E-state index in [1.165, 1.54) is 13.3 Å². The van der Waals surface area contributed by atoms with Crippen molar-refractivity contribution in [2.45, 2.75) is 13.2 Å². The summed E-state index contributed by atoms with van der Waals surface area (Å²) in [5.41, 5.74) is 1.67. The van der Waals surface area contributed by atoms with Gasteiger partial charge in [0, 0.05) is 11.8 Å². The number of hydrogen-bond donors (Lipinski definition) is 1. The monoisotopic (exact) mass is 301 g/mol. The summed E-state index contributed by atoms with van der Waals surface area (Å²) in [5, 5.41) is 9.06. The summed E-state index contributed by atoms with van der Waals surface area (Å²) in [5.74, 6) is -0.183. The van der Waals surface area contributed by atoms with Crippen LogP contribution in [-0.2, 0) is 18.0 Å². The number of aliphatic hydroxyl groups excluding tert-OH is 1. The smallest absolute Gasteiger partial charge is 0.357 e. The predicted molar refractivity (Wildman–Crippen MR) is 77.7 cm³/mol. The maximum Gasteiger partial charge on any atom is 0.357 e. The molecule has 0 aliphatic rings. The van der Waals surface area contributed by atoms with Crippen molar-refractivity contribution in [1.82, 2.24) is 4.98 Å². The largest absolute Gasteiger partial charge is 0.488 e. The lowest BCUT2D eigenvalue weighted by Crippen LogP contribution is -2.10. The van der Waals surface area contributed by atoms with E-state index < -0.39 is 5.97 Å². The number of rotatable bonds is 6. The van der Waals surface area contributed by atoms with Gasteiger partial charge in [0.15, 0.2) is 12.0 Å². The Bertz CT molecular complexity index is 684. The summed E-state index contributed by atoms with van der Waals surface area (Å²) in [7, 11) is 1.28. The molecular formula is C16H15NO5. The third kappa shape index (κ3) is 3.48. The highest BCUT2D eigenvalue weighted by molar-refractivity contribution is 5.88. The Kier molecular flexibility index (Phi) is 5.21. The quantitative estimate of drug-likeness (QED) is 0.646. The molecule has 2 aromatic rings. The van der Waals surface area contributed by atoms with Crippen LogP contribution in [-0.4, -0.2) is 29.5 Å². The van der Waals surface area contributed by atoms with E-state index in [1.54, 1.807) is 30.3 Å². The number of aliphatic hydroxyl groups is 1. The van der Waals surface area contributed by atoms with E-state index in [0.717, 1.165) is 0 Å². The second kappa shape index (κ2) is 7.33. The minimum Gasteiger partial charge on any atom is -0.488 e. The molecule has 0 aliphatic carbocycles. The molecule has 0 fully saturated rings. The first-order valence-corrected chi connectivity index (χ1v) is 6.53. The molecule has 0 aliphatic heterocycles. The fourth-order valence-electron chi connectivity index (χ4n) is 1.91. The summed E-state index contributed by atoms with van der Waals surface area (Å²) in [6.07, 6.45) is 2.14. The summed E-state index contributed by atoms with van der Waals surface area (Å²) in [6, 6.07) is 8.19. The Morgan fingerprint density at radius 1 is 1.36 bits per heavy atom. The van der Waals surface area contributed by atoms with Crippen molar-refractivity contribution >= 4 is 12.3 Å². The van der Waals surface area contributed by atoms with Gasteiger partial charge in [0.2, 0.25) is 0 Å². The molecule has 1 N–H and O–H groups in total. The molecule has 114 valence electrons. The van der Waals surface area contributed by atoms with Crippen LogP contribution in [0.25, 0.3) is 0 Å². The molecule has 1 aromatic carbocycles. The van der Waals surface area contributed by atoms with E-state index in [1.807, 2.05) is 0 Å². The van der Waals surface area contributed by atoms with Crippen LogP contribution in [0.5, 0.6) is 5.75 Å². The molecule has 1 aromatic heterocycles. The van der Waals surface area contributed by atoms with Crippen molar-refractivity contribution in [3.05, 3.63) is 58.9 Å². The van der Waals surface area contributed by atoms with Crippen molar-refractivity contribution in [3.8, 4) is 5.75 Å². The normalized spacial score (nSPS) is 10.1. The summed E-state index contributed by atoms with van der Waals surface area (Å²) < 4.78 is 10.3. The van der Waals surface area contributed by atoms with Crippen molar-refractivity contribution in [2.75, 3.05) is 7.11 Å². The Hall–Kier alpha value is -2.73. The number of aldehydes is 1. The van der Waals surface area contributed by atoms with Crippen molar-refractivity contribution < 1.29 is 24.2 Å². The Balaban J connectivity index is 2.20. The van der Waals surface area contributed by atoms with Crippen molar-refractivity contribution in [3.63, 3.8) is 0 Å². The van der Waals surface area contributed by atoms with Gasteiger partial charge < -0.3 is 14.6 Å². The van der Waals surface area contributed by atoms with Gasteiger partial charge in [-0.05, 0) is 23.8 Å². The van der Waals surface area contributed by atoms with Crippen LogP contribution >= 0.6 is 0 Å². The highest BCUT2D eigenvalue weighted by Gasteiger charge is 2.14. The fourth-order valence-corrected chi connectivity index (χ4v) is 1.91. The molecule has 0 spiro atoms. The molecule has 0 radical (unpaired) electrons. The van der Waals surface area contributed by atoms with Crippen LogP contribution in [0.2, 0.25) is 0 Å². The van der Waals surface area contributed by atoms with E-state index >= 15 is 0 Å². The van der Waals surface area contributed by atoms with Crippen molar-refractivity contribution in [2.24, 2.45) is 0 Å². The number of hydrogen-bond acceptors (Lipinski definition) is 6. The molecule has 0 amide bonds. The molecule has 6 nitrogen and oxygen atoms in total. The number of ether oxygens (including phenoxy) is 2. The summed E-state index contributed by atoms with van der Waals surface area (Å²) in [6.45, 7) is -0.0895. The molecule has 0 bridgehead atoms. The van der Waals surface area contributed by atoms with E-state index in [0.29, 0.717) is 28.7 Å². The summed E-state index contributed by atoms with van der Waals surface area (Å²) >= 11 is 0. The highest BCUT2D eigenvalue weighted by Crippen LogP contribution is 2.20. The van der Waals surface area contributed by atoms with Gasteiger partial charge in [-0.2, -0.15) is 0 Å². The van der Waals surface area contributed by atoms with Gasteiger partial charge >= 0.3 is 5.97 Å². The highest BCUT2D eigenvalue weighted by atomic mass is 16.5. The van der Waals surface area contributed by atoms with Gasteiger partial charge in [-0.15, -0.1) is 0 Å². The zero-order valence-electron chi connectivity index (χ0n) is 12.0. The Labute approximate surface area is 127 Å². The molecule has 0 unspecified atom stereocenters. The summed E-state index contributed by atoms with van der Waals surface area (Å²) in [4.78, 5) is 26.7. The Morgan fingerprint density at radius 2 is 2.18 bits per heavy atom. The maximum absolute atomic E-state index is 11.6. The van der Waals surface area contributed by atoms with Gasteiger partial charge in [0.05, 0.1) is 19.3 Å². The van der Waals surface area contributed by atoms with E-state index in [4.69, 9.17) is 9.84 Å². The zero-order valence-corrected chi connectivity index (χ0v) is 12.0. The van der Waals surface area contributed by atoms with E-state index in [-0.39, 0.29) is 18.9 Å². The predicted octanol–water partition coefficient (Wildman–Crippen LogP) is 1.75. The van der Waals surface area contributed by atoms with Crippen LogP contribution in [0.1, 0.15) is 32.0 Å². The molecule has 1 heterocycles. The fraction of sp³-hybridized carbons (Fsp3) is 0.188. The number of carbonyl (C=O) groups excluding carboxylic acids is 2. The lowest BCUT2D eigenvalue weighted by atomic mass is 10.1. The number of aromatic nitrogens is 1. The molecule has 0 atom stereocenters. The van der Waals surface area contributed by atoms with E-state index in [9.17, 15) is 9.59 Å². The minimum atomic E-state index is -0.551. The van der Waals surface area contributed by atoms with Crippen LogP contribution in [0.3, 0.4) is 0 Å².